The predicted octanol–water partition coefficient (Wildman–Crippen LogP) is -0.103. The van der Waals surface area contributed by atoms with Crippen LogP contribution in [0.4, 0.5) is 0 Å². The molecule has 14 heavy (non-hydrogen) atoms. The first-order chi connectivity index (χ1) is 6.83. The molecule has 0 unspecified atom stereocenters. The van der Waals surface area contributed by atoms with Gasteiger partial charge in [0, 0.05) is 4.43 Å². The van der Waals surface area contributed by atoms with E-state index in [-0.39, 0.29) is 31.9 Å². The smallest absolute Gasteiger partial charge is 0.147 e. The number of rotatable bonds is 2. The Morgan fingerprint density at radius 3 is 2.93 bits per heavy atom. The van der Waals surface area contributed by atoms with Gasteiger partial charge in [0.05, 0.1) is 12.7 Å². The summed E-state index contributed by atoms with van der Waals surface area (Å²) in [4.78, 5) is 0. The summed E-state index contributed by atoms with van der Waals surface area (Å²) in [5, 5.41) is 9.71. The molecular formula is C8H13IO5. The Labute approximate surface area is 95.8 Å². The van der Waals surface area contributed by atoms with Crippen molar-refractivity contribution in [2.24, 2.45) is 0 Å². The second kappa shape index (κ2) is 5.04. The van der Waals surface area contributed by atoms with E-state index in [9.17, 15) is 5.11 Å². The fraction of sp³-hybridized carbons (Fsp3) is 1.00. The molecule has 2 heterocycles. The fourth-order valence-corrected chi connectivity index (χ4v) is 2.16. The Bertz CT molecular complexity index is 187. The summed E-state index contributed by atoms with van der Waals surface area (Å²) in [5.74, 6) is 0. The topological polar surface area (TPSA) is 57.2 Å². The first-order valence-electron chi connectivity index (χ1n) is 4.49. The van der Waals surface area contributed by atoms with Crippen LogP contribution in [0.1, 0.15) is 0 Å². The lowest BCUT2D eigenvalue weighted by molar-refractivity contribution is -0.311. The zero-order valence-corrected chi connectivity index (χ0v) is 9.75. The van der Waals surface area contributed by atoms with Gasteiger partial charge in [-0.05, 0) is 0 Å². The highest BCUT2D eigenvalue weighted by Crippen LogP contribution is 2.24. The van der Waals surface area contributed by atoms with Crippen molar-refractivity contribution in [1.29, 1.82) is 0 Å². The molecule has 0 aromatic carbocycles. The van der Waals surface area contributed by atoms with Crippen LogP contribution in [0.3, 0.4) is 0 Å². The Morgan fingerprint density at radius 2 is 2.14 bits per heavy atom. The first-order valence-corrected chi connectivity index (χ1v) is 6.02. The van der Waals surface area contributed by atoms with Gasteiger partial charge in [-0.3, -0.25) is 0 Å². The number of hydrogen-bond acceptors (Lipinski definition) is 5. The molecule has 0 saturated carbocycles. The van der Waals surface area contributed by atoms with Crippen LogP contribution in [0.2, 0.25) is 0 Å². The maximum atomic E-state index is 9.71. The zero-order chi connectivity index (χ0) is 9.97. The van der Waals surface area contributed by atoms with E-state index in [1.165, 1.54) is 0 Å². The number of ether oxygens (including phenoxy) is 4. The van der Waals surface area contributed by atoms with Crippen LogP contribution >= 0.6 is 22.6 Å². The van der Waals surface area contributed by atoms with Crippen LogP contribution in [0.5, 0.6) is 0 Å². The van der Waals surface area contributed by atoms with E-state index in [2.05, 4.69) is 22.6 Å². The van der Waals surface area contributed by atoms with E-state index in [4.69, 9.17) is 18.9 Å². The van der Waals surface area contributed by atoms with Gasteiger partial charge in [0.1, 0.15) is 31.9 Å². The molecule has 0 spiro atoms. The normalized spacial score (nSPS) is 40.3. The van der Waals surface area contributed by atoms with Crippen LogP contribution < -0.4 is 0 Å². The highest BCUT2D eigenvalue weighted by Gasteiger charge is 2.41. The highest BCUT2D eigenvalue weighted by atomic mass is 127. The number of hydrogen-bond donors (Lipinski definition) is 1. The highest BCUT2D eigenvalue weighted by molar-refractivity contribution is 14.1. The van der Waals surface area contributed by atoms with Gasteiger partial charge in [-0.15, -0.1) is 0 Å². The molecule has 1 N–H and O–H groups in total. The van der Waals surface area contributed by atoms with Gasteiger partial charge in [0.25, 0.3) is 0 Å². The van der Waals surface area contributed by atoms with Crippen molar-refractivity contribution in [1.82, 2.24) is 0 Å². The lowest BCUT2D eigenvalue weighted by Gasteiger charge is -2.41. The Kier molecular flexibility index (Phi) is 3.97. The zero-order valence-electron chi connectivity index (χ0n) is 7.60. The molecule has 4 atom stereocenters. The van der Waals surface area contributed by atoms with Gasteiger partial charge in [0.2, 0.25) is 0 Å². The third kappa shape index (κ3) is 2.20. The Hall–Kier alpha value is 0.530. The molecule has 0 radical (unpaired) electrons. The van der Waals surface area contributed by atoms with E-state index in [1.54, 1.807) is 0 Å². The van der Waals surface area contributed by atoms with Gasteiger partial charge in [0.15, 0.2) is 0 Å². The number of halogens is 1. The standard InChI is InChI=1S/C8H13IO5/c9-1-5(10)7-8-6(12-4-14-7)2-11-3-13-8/h5-8,10H,1-4H2/t5-,6-,7+,8-/m1/s1. The Morgan fingerprint density at radius 1 is 1.29 bits per heavy atom. The number of alkyl halides is 1. The molecule has 2 fully saturated rings. The van der Waals surface area contributed by atoms with Crippen molar-refractivity contribution >= 4 is 22.6 Å². The molecular weight excluding hydrogens is 303 g/mol. The number of fused-ring (bicyclic) bond motifs is 1. The average Bonchev–Trinajstić information content (AvgIpc) is 2.27. The largest absolute Gasteiger partial charge is 0.390 e. The van der Waals surface area contributed by atoms with Gasteiger partial charge in [-0.1, -0.05) is 22.6 Å². The van der Waals surface area contributed by atoms with E-state index >= 15 is 0 Å². The van der Waals surface area contributed by atoms with Crippen molar-refractivity contribution in [2.75, 3.05) is 24.6 Å². The molecule has 2 saturated heterocycles. The molecule has 0 aromatic heterocycles. The lowest BCUT2D eigenvalue weighted by atomic mass is 10.0. The van der Waals surface area contributed by atoms with Gasteiger partial charge >= 0.3 is 0 Å². The van der Waals surface area contributed by atoms with Crippen molar-refractivity contribution in [3.8, 4) is 0 Å². The summed E-state index contributed by atoms with van der Waals surface area (Å²) in [6.07, 6.45) is -1.12. The maximum absolute atomic E-state index is 9.71. The van der Waals surface area contributed by atoms with Gasteiger partial charge in [-0.25, -0.2) is 0 Å². The van der Waals surface area contributed by atoms with Crippen molar-refractivity contribution < 1.29 is 24.1 Å². The molecule has 2 aliphatic rings. The second-order valence-corrected chi connectivity index (χ2v) is 4.18. The summed E-state index contributed by atoms with van der Waals surface area (Å²) in [6.45, 7) is 0.961. The van der Waals surface area contributed by atoms with Crippen LogP contribution in [-0.2, 0) is 18.9 Å². The molecule has 2 aliphatic heterocycles. The SMILES string of the molecule is O[C@H](CI)[C@@H]1OCO[C@@H]2COCO[C@@H]12. The maximum Gasteiger partial charge on any atom is 0.147 e. The van der Waals surface area contributed by atoms with Crippen LogP contribution in [-0.4, -0.2) is 54.1 Å². The average molecular weight is 316 g/mol. The molecule has 0 bridgehead atoms. The molecule has 0 amide bonds. The summed E-state index contributed by atoms with van der Waals surface area (Å²) in [6, 6.07) is 0. The van der Waals surface area contributed by atoms with Gasteiger partial charge < -0.3 is 24.1 Å². The van der Waals surface area contributed by atoms with Crippen molar-refractivity contribution in [3.05, 3.63) is 0 Å². The molecule has 2 rings (SSSR count). The molecule has 82 valence electrons. The third-order valence-corrected chi connectivity index (χ3v) is 3.30. The Balaban J connectivity index is 2.01. The van der Waals surface area contributed by atoms with Crippen LogP contribution in [0.25, 0.3) is 0 Å². The first kappa shape index (κ1) is 11.0. The van der Waals surface area contributed by atoms with E-state index in [1.807, 2.05) is 0 Å². The fourth-order valence-electron chi connectivity index (χ4n) is 1.66. The van der Waals surface area contributed by atoms with Crippen molar-refractivity contribution in [2.45, 2.75) is 24.4 Å². The minimum Gasteiger partial charge on any atom is -0.390 e. The van der Waals surface area contributed by atoms with Gasteiger partial charge in [-0.2, -0.15) is 0 Å². The summed E-state index contributed by atoms with van der Waals surface area (Å²) in [5.41, 5.74) is 0. The lowest BCUT2D eigenvalue weighted by Crippen LogP contribution is -2.57. The molecule has 6 heteroatoms. The summed E-state index contributed by atoms with van der Waals surface area (Å²) < 4.78 is 21.8. The van der Waals surface area contributed by atoms with E-state index in [0.29, 0.717) is 11.0 Å². The second-order valence-electron chi connectivity index (χ2n) is 3.30. The van der Waals surface area contributed by atoms with E-state index < -0.39 is 6.10 Å². The predicted molar refractivity (Wildman–Crippen MR) is 55.2 cm³/mol. The van der Waals surface area contributed by atoms with Crippen molar-refractivity contribution in [3.63, 3.8) is 0 Å². The van der Waals surface area contributed by atoms with Crippen LogP contribution in [0.15, 0.2) is 0 Å². The summed E-state index contributed by atoms with van der Waals surface area (Å²) in [7, 11) is 0. The van der Waals surface area contributed by atoms with E-state index in [0.717, 1.165) is 0 Å². The number of aliphatic hydroxyl groups excluding tert-OH is 1. The summed E-state index contributed by atoms with van der Waals surface area (Å²) >= 11 is 2.12. The minimum absolute atomic E-state index is 0.111. The molecule has 0 aliphatic carbocycles. The monoisotopic (exact) mass is 316 g/mol. The van der Waals surface area contributed by atoms with Crippen LogP contribution in [0, 0.1) is 0 Å². The molecule has 5 nitrogen and oxygen atoms in total. The third-order valence-electron chi connectivity index (χ3n) is 2.40. The number of aliphatic hydroxyl groups is 1. The minimum atomic E-state index is -0.509. The molecule has 0 aromatic rings. The quantitative estimate of drug-likeness (QED) is 0.569.